The molecule has 0 aliphatic heterocycles. The Hall–Kier alpha value is -1.40. The molecule has 0 amide bonds. The van der Waals surface area contributed by atoms with Gasteiger partial charge in [0.05, 0.1) is 6.07 Å². The Balaban J connectivity index is 2.89. The molecule has 1 aromatic carbocycles. The van der Waals surface area contributed by atoms with E-state index >= 15 is 0 Å². The van der Waals surface area contributed by atoms with Crippen LogP contribution in [0.15, 0.2) is 35.2 Å². The summed E-state index contributed by atoms with van der Waals surface area (Å²) >= 11 is 0. The molecule has 1 aromatic rings. The van der Waals surface area contributed by atoms with E-state index in [4.69, 9.17) is 5.26 Å². The molecule has 0 radical (unpaired) electrons. The first-order valence-corrected chi connectivity index (χ1v) is 5.29. The van der Waals surface area contributed by atoms with Crippen LogP contribution in [0.3, 0.4) is 0 Å². The zero-order valence-electron chi connectivity index (χ0n) is 7.23. The number of benzene rings is 1. The van der Waals surface area contributed by atoms with Crippen molar-refractivity contribution in [2.45, 2.75) is 4.90 Å². The Morgan fingerprint density at radius 2 is 2.00 bits per heavy atom. The second-order valence-electron chi connectivity index (χ2n) is 2.49. The van der Waals surface area contributed by atoms with Crippen molar-refractivity contribution >= 4 is 16.9 Å². The second-order valence-corrected chi connectivity index (χ2v) is 3.87. The number of hydrogen-bond donors (Lipinski definition) is 0. The fourth-order valence-corrected chi connectivity index (χ4v) is 1.42. The Kier molecular flexibility index (Phi) is 3.41. The number of rotatable bonds is 2. The number of nitrogens with zero attached hydrogens (tertiary/aromatic N) is 1. The van der Waals surface area contributed by atoms with E-state index in [1.807, 2.05) is 18.2 Å². The fraction of sp³-hybridized carbons (Fsp3) is 0.100. The lowest BCUT2D eigenvalue weighted by atomic mass is 10.2. The van der Waals surface area contributed by atoms with Crippen LogP contribution in [0.4, 0.5) is 0 Å². The molecule has 2 nitrogen and oxygen atoms in total. The van der Waals surface area contributed by atoms with Gasteiger partial charge in [-0.05, 0) is 23.8 Å². The van der Waals surface area contributed by atoms with Crippen molar-refractivity contribution in [2.24, 2.45) is 0 Å². The largest absolute Gasteiger partial charge is 0.255 e. The van der Waals surface area contributed by atoms with Crippen LogP contribution in [0, 0.1) is 11.3 Å². The lowest BCUT2D eigenvalue weighted by molar-refractivity contribution is 0.687. The van der Waals surface area contributed by atoms with Crippen molar-refractivity contribution in [3.05, 3.63) is 35.9 Å². The van der Waals surface area contributed by atoms with Crippen LogP contribution in [-0.4, -0.2) is 10.5 Å². The van der Waals surface area contributed by atoms with Gasteiger partial charge in [-0.3, -0.25) is 4.21 Å². The van der Waals surface area contributed by atoms with Gasteiger partial charge in [0.25, 0.3) is 0 Å². The summed E-state index contributed by atoms with van der Waals surface area (Å²) in [7, 11) is -0.932. The molecule has 1 atom stereocenters. The van der Waals surface area contributed by atoms with Gasteiger partial charge >= 0.3 is 0 Å². The van der Waals surface area contributed by atoms with Crippen molar-refractivity contribution in [3.63, 3.8) is 0 Å². The molecule has 0 bridgehead atoms. The topological polar surface area (TPSA) is 40.9 Å². The summed E-state index contributed by atoms with van der Waals surface area (Å²) in [6.07, 6.45) is 4.76. The maximum atomic E-state index is 11.0. The van der Waals surface area contributed by atoms with Gasteiger partial charge < -0.3 is 0 Å². The van der Waals surface area contributed by atoms with E-state index < -0.39 is 10.8 Å². The molecule has 1 rings (SSSR count). The molecule has 0 aromatic heterocycles. The van der Waals surface area contributed by atoms with Crippen LogP contribution >= 0.6 is 0 Å². The normalized spacial score (nSPS) is 12.6. The van der Waals surface area contributed by atoms with Gasteiger partial charge in [-0.25, -0.2) is 0 Å². The lowest BCUT2D eigenvalue weighted by Crippen LogP contribution is -1.85. The predicted molar refractivity (Wildman–Crippen MR) is 53.4 cm³/mol. The van der Waals surface area contributed by atoms with Crippen LogP contribution in [0.1, 0.15) is 5.56 Å². The highest BCUT2D eigenvalue weighted by molar-refractivity contribution is 7.84. The molecule has 0 saturated carbocycles. The maximum absolute atomic E-state index is 11.0. The molecule has 0 aliphatic carbocycles. The summed E-state index contributed by atoms with van der Waals surface area (Å²) in [6.45, 7) is 0. The zero-order valence-corrected chi connectivity index (χ0v) is 8.04. The Bertz CT molecular complexity index is 373. The summed E-state index contributed by atoms with van der Waals surface area (Å²) in [5.74, 6) is 0. The van der Waals surface area contributed by atoms with Gasteiger partial charge in [0.2, 0.25) is 0 Å². The SMILES string of the molecule is CS(=O)c1ccc(/C=C/C#N)cc1. The van der Waals surface area contributed by atoms with Gasteiger partial charge in [0.1, 0.15) is 0 Å². The van der Waals surface area contributed by atoms with Crippen LogP contribution < -0.4 is 0 Å². The van der Waals surface area contributed by atoms with Gasteiger partial charge in [-0.15, -0.1) is 0 Å². The van der Waals surface area contributed by atoms with Crippen molar-refractivity contribution in [1.29, 1.82) is 5.26 Å². The number of nitriles is 1. The Morgan fingerprint density at radius 3 is 2.46 bits per heavy atom. The number of hydrogen-bond acceptors (Lipinski definition) is 2. The second kappa shape index (κ2) is 4.58. The minimum absolute atomic E-state index is 0.800. The van der Waals surface area contributed by atoms with Crippen molar-refractivity contribution in [1.82, 2.24) is 0 Å². The average Bonchev–Trinajstić information content (AvgIpc) is 2.15. The molecule has 3 heteroatoms. The summed E-state index contributed by atoms with van der Waals surface area (Å²) in [5, 5.41) is 8.28. The quantitative estimate of drug-likeness (QED) is 0.670. The van der Waals surface area contributed by atoms with Crippen LogP contribution in [0.25, 0.3) is 6.08 Å². The van der Waals surface area contributed by atoms with Crippen molar-refractivity contribution < 1.29 is 4.21 Å². The molecule has 66 valence electrons. The zero-order chi connectivity index (χ0) is 9.68. The highest BCUT2D eigenvalue weighted by Crippen LogP contribution is 2.08. The third-order valence-corrected chi connectivity index (χ3v) is 2.50. The first-order valence-electron chi connectivity index (χ1n) is 3.73. The molecule has 0 N–H and O–H groups in total. The van der Waals surface area contributed by atoms with Crippen LogP contribution in [-0.2, 0) is 10.8 Å². The highest BCUT2D eigenvalue weighted by atomic mass is 32.2. The van der Waals surface area contributed by atoms with Crippen LogP contribution in [0.2, 0.25) is 0 Å². The molecule has 0 spiro atoms. The minimum atomic E-state index is -0.932. The average molecular weight is 191 g/mol. The molecule has 0 heterocycles. The minimum Gasteiger partial charge on any atom is -0.255 e. The predicted octanol–water partition coefficient (Wildman–Crippen LogP) is 1.96. The fourth-order valence-electron chi connectivity index (χ4n) is 0.904. The lowest BCUT2D eigenvalue weighted by Gasteiger charge is -1.95. The molecule has 1 unspecified atom stereocenters. The van der Waals surface area contributed by atoms with E-state index in [0.717, 1.165) is 10.5 Å². The van der Waals surface area contributed by atoms with E-state index in [9.17, 15) is 4.21 Å². The molecular weight excluding hydrogens is 182 g/mol. The third kappa shape index (κ3) is 2.85. The van der Waals surface area contributed by atoms with Gasteiger partial charge in [0, 0.05) is 28.0 Å². The van der Waals surface area contributed by atoms with E-state index in [-0.39, 0.29) is 0 Å². The Morgan fingerprint density at radius 1 is 1.38 bits per heavy atom. The summed E-state index contributed by atoms with van der Waals surface area (Å²) < 4.78 is 11.0. The maximum Gasteiger partial charge on any atom is 0.0912 e. The summed E-state index contributed by atoms with van der Waals surface area (Å²) in [4.78, 5) is 0.800. The molecule has 0 aliphatic rings. The van der Waals surface area contributed by atoms with Gasteiger partial charge in [-0.1, -0.05) is 12.1 Å². The first-order chi connectivity index (χ1) is 6.24. The smallest absolute Gasteiger partial charge is 0.0912 e. The van der Waals surface area contributed by atoms with E-state index in [2.05, 4.69) is 0 Å². The molecule has 0 saturated heterocycles. The monoisotopic (exact) mass is 191 g/mol. The van der Waals surface area contributed by atoms with Gasteiger partial charge in [0.15, 0.2) is 0 Å². The third-order valence-electron chi connectivity index (χ3n) is 1.56. The Labute approximate surface area is 80.0 Å². The van der Waals surface area contributed by atoms with E-state index in [0.29, 0.717) is 0 Å². The first kappa shape index (κ1) is 9.69. The van der Waals surface area contributed by atoms with Gasteiger partial charge in [-0.2, -0.15) is 5.26 Å². The van der Waals surface area contributed by atoms with Crippen molar-refractivity contribution in [2.75, 3.05) is 6.26 Å². The molecule has 0 fully saturated rings. The van der Waals surface area contributed by atoms with Crippen molar-refractivity contribution in [3.8, 4) is 6.07 Å². The standard InChI is InChI=1S/C10H9NOS/c1-13(12)10-6-4-9(5-7-10)3-2-8-11/h2-7H,1H3/b3-2+. The highest BCUT2D eigenvalue weighted by Gasteiger charge is 1.94. The molecule has 13 heavy (non-hydrogen) atoms. The van der Waals surface area contributed by atoms with Crippen LogP contribution in [0.5, 0.6) is 0 Å². The van der Waals surface area contributed by atoms with E-state index in [1.54, 1.807) is 24.5 Å². The summed E-state index contributed by atoms with van der Waals surface area (Å²) in [6, 6.07) is 9.19. The molecular formula is C10H9NOS. The summed E-state index contributed by atoms with van der Waals surface area (Å²) in [5.41, 5.74) is 0.941. The number of allylic oxidation sites excluding steroid dienone is 1. The van der Waals surface area contributed by atoms with E-state index in [1.165, 1.54) is 6.08 Å².